The molecule has 2 aliphatic heterocycles. The van der Waals surface area contributed by atoms with E-state index < -0.39 is 0 Å². The van der Waals surface area contributed by atoms with Crippen LogP contribution in [-0.2, 0) is 24.9 Å². The molecule has 223 valence electrons. The summed E-state index contributed by atoms with van der Waals surface area (Å²) in [5, 5.41) is 12.9. The van der Waals surface area contributed by atoms with Gasteiger partial charge in [-0.15, -0.1) is 17.5 Å². The molecule has 7 nitrogen and oxygen atoms in total. The average Bonchev–Trinajstić information content (AvgIpc) is 3.39. The summed E-state index contributed by atoms with van der Waals surface area (Å²) in [4.78, 5) is 21.1. The van der Waals surface area contributed by atoms with Crippen molar-refractivity contribution in [1.29, 1.82) is 0 Å². The summed E-state index contributed by atoms with van der Waals surface area (Å²) in [5.74, 6) is 1.44. The van der Waals surface area contributed by atoms with Crippen LogP contribution in [-0.4, -0.2) is 29.8 Å². The van der Waals surface area contributed by atoms with Crippen LogP contribution < -0.4 is 0 Å². The van der Waals surface area contributed by atoms with E-state index in [1.807, 2.05) is 64.1 Å². The first-order valence-electron chi connectivity index (χ1n) is 14.8. The molecular formula is C35H35IrN4O3-. The summed E-state index contributed by atoms with van der Waals surface area (Å²) >= 11 is 0. The number of benzene rings is 3. The molecule has 4 heterocycles. The predicted octanol–water partition coefficient (Wildman–Crippen LogP) is 8.83. The maximum Gasteiger partial charge on any atom is 0.263 e. The van der Waals surface area contributed by atoms with E-state index in [9.17, 15) is 9.90 Å². The molecule has 5 aromatic rings. The van der Waals surface area contributed by atoms with E-state index in [0.717, 1.165) is 75.6 Å². The number of fused-ring (bicyclic) bond motifs is 6. The number of hydrogen-bond donors (Lipinski definition) is 1. The molecule has 0 spiro atoms. The molecule has 0 atom stereocenters. The molecule has 0 fully saturated rings. The molecule has 43 heavy (non-hydrogen) atoms. The van der Waals surface area contributed by atoms with Gasteiger partial charge in [0.2, 0.25) is 0 Å². The number of imidazole rings is 1. The Bertz CT molecular complexity index is 2040. The van der Waals surface area contributed by atoms with Crippen molar-refractivity contribution in [3.63, 3.8) is 0 Å². The van der Waals surface area contributed by atoms with Crippen LogP contribution in [0.5, 0.6) is 0 Å². The van der Waals surface area contributed by atoms with Crippen LogP contribution in [0.25, 0.3) is 55.6 Å². The van der Waals surface area contributed by atoms with Crippen molar-refractivity contribution in [3.05, 3.63) is 84.8 Å². The quantitative estimate of drug-likeness (QED) is 0.0579. The predicted molar refractivity (Wildman–Crippen MR) is 168 cm³/mol. The van der Waals surface area contributed by atoms with Gasteiger partial charge in [-0.2, -0.15) is 4.98 Å². The van der Waals surface area contributed by atoms with Crippen molar-refractivity contribution in [2.45, 2.75) is 53.4 Å². The fraction of sp³-hybridized carbons (Fsp3) is 0.286. The van der Waals surface area contributed by atoms with Gasteiger partial charge in [-0.25, -0.2) is 0 Å². The number of aromatic nitrogens is 4. The summed E-state index contributed by atoms with van der Waals surface area (Å²) in [6.45, 7) is 8.07. The zero-order valence-corrected chi connectivity index (χ0v) is 27.2. The molecule has 0 saturated heterocycles. The first-order chi connectivity index (χ1) is 20.5. The minimum Gasteiger partial charge on any atom is -0.512 e. The molecule has 7 rings (SSSR count). The topological polar surface area (TPSA) is 85.6 Å². The van der Waals surface area contributed by atoms with Gasteiger partial charge in [0, 0.05) is 44.2 Å². The Morgan fingerprint density at radius 1 is 0.953 bits per heavy atom. The second-order valence-electron chi connectivity index (χ2n) is 10.7. The first kappa shape index (κ1) is 30.5. The van der Waals surface area contributed by atoms with Crippen LogP contribution in [0.4, 0.5) is 0 Å². The maximum absolute atomic E-state index is 11.7. The number of allylic oxidation sites excluding steroid dienone is 2. The SMILES string of the molecule is CCC(CC)C(=O)/C=C(\O)C(CC)CC.[Ir].[c-]1c2ccccc2cc2c1c1nccc3nc4oc5ccccc5n2-c4n31. The number of carbonyl (C=O) groups is 1. The molecule has 0 amide bonds. The third-order valence-electron chi connectivity index (χ3n) is 8.32. The molecule has 3 aromatic carbocycles. The van der Waals surface area contributed by atoms with Gasteiger partial charge in [-0.05, 0) is 49.4 Å². The molecular weight excluding hydrogens is 717 g/mol. The Morgan fingerprint density at radius 3 is 2.40 bits per heavy atom. The molecule has 0 unspecified atom stereocenters. The van der Waals surface area contributed by atoms with E-state index in [1.165, 1.54) is 6.08 Å². The monoisotopic (exact) mass is 752 g/mol. The fourth-order valence-corrected chi connectivity index (χ4v) is 5.87. The molecule has 1 radical (unpaired) electrons. The third-order valence-corrected chi connectivity index (χ3v) is 8.32. The van der Waals surface area contributed by atoms with Gasteiger partial charge in [0.1, 0.15) is 5.65 Å². The number of hydrogen-bond acceptors (Lipinski definition) is 5. The Hall–Kier alpha value is -4.00. The third kappa shape index (κ3) is 5.34. The summed E-state index contributed by atoms with van der Waals surface area (Å²) < 4.78 is 10.4. The normalized spacial score (nSPS) is 12.2. The van der Waals surface area contributed by atoms with E-state index in [1.54, 1.807) is 6.20 Å². The van der Waals surface area contributed by atoms with E-state index in [4.69, 9.17) is 9.40 Å². The standard InChI is InChI=1S/C22H11N4O.C13H24O2.Ir/c1-2-6-14-12-17-15(11-13(14)5-1)20-23-10-9-19-24-21-22(26(19)20)25(17)16-7-3-4-8-18(16)27-21;1-5-10(6-2)12(14)9-13(15)11(7-3)8-4;/h1-10,12H;9-11,14H,5-8H2,1-4H3;/q-1;;/b;12-9-;. The number of carbonyl (C=O) groups excluding carboxylic acids is 1. The van der Waals surface area contributed by atoms with Crippen molar-refractivity contribution in [2.24, 2.45) is 11.8 Å². The molecule has 2 aliphatic rings. The van der Waals surface area contributed by atoms with Gasteiger partial charge >= 0.3 is 0 Å². The van der Waals surface area contributed by atoms with Crippen LogP contribution in [0.2, 0.25) is 0 Å². The maximum atomic E-state index is 11.7. The van der Waals surface area contributed by atoms with E-state index in [2.05, 4.69) is 44.3 Å². The molecule has 8 heteroatoms. The van der Waals surface area contributed by atoms with Gasteiger partial charge in [0.25, 0.3) is 5.71 Å². The second-order valence-corrected chi connectivity index (χ2v) is 10.7. The van der Waals surface area contributed by atoms with E-state index in [-0.39, 0.29) is 43.5 Å². The van der Waals surface area contributed by atoms with Crippen LogP contribution in [0.15, 0.2) is 83.1 Å². The first-order valence-corrected chi connectivity index (χ1v) is 14.8. The number of ketones is 1. The van der Waals surface area contributed by atoms with Crippen LogP contribution in [0.1, 0.15) is 53.4 Å². The number of nitrogens with zero attached hydrogens (tertiary/aromatic N) is 4. The second kappa shape index (κ2) is 12.7. The van der Waals surface area contributed by atoms with Gasteiger partial charge in [0.15, 0.2) is 17.2 Å². The zero-order valence-electron chi connectivity index (χ0n) is 24.8. The minimum absolute atomic E-state index is 0. The Balaban J connectivity index is 0.000000201. The van der Waals surface area contributed by atoms with Gasteiger partial charge in [-0.1, -0.05) is 74.9 Å². The smallest absolute Gasteiger partial charge is 0.263 e. The Kier molecular flexibility index (Phi) is 9.00. The van der Waals surface area contributed by atoms with Gasteiger partial charge in [0.05, 0.1) is 16.9 Å². The summed E-state index contributed by atoms with van der Waals surface area (Å²) in [6.07, 6.45) is 6.70. The average molecular weight is 752 g/mol. The molecule has 2 aromatic heterocycles. The Labute approximate surface area is 263 Å². The van der Waals surface area contributed by atoms with Gasteiger partial charge < -0.3 is 14.1 Å². The summed E-state index contributed by atoms with van der Waals surface area (Å²) in [5.41, 5.74) is 5.08. The van der Waals surface area contributed by atoms with Crippen molar-refractivity contribution in [3.8, 4) is 5.82 Å². The van der Waals surface area contributed by atoms with E-state index >= 15 is 0 Å². The van der Waals surface area contributed by atoms with Gasteiger partial charge in [-0.3, -0.25) is 14.2 Å². The number of rotatable bonds is 7. The summed E-state index contributed by atoms with van der Waals surface area (Å²) in [6, 6.07) is 24.0. The summed E-state index contributed by atoms with van der Waals surface area (Å²) in [7, 11) is 0. The molecule has 0 saturated carbocycles. The van der Waals surface area contributed by atoms with Crippen molar-refractivity contribution in [1.82, 2.24) is 18.9 Å². The molecule has 0 bridgehead atoms. The molecule has 1 N–H and O–H groups in total. The van der Waals surface area contributed by atoms with Crippen molar-refractivity contribution in [2.75, 3.05) is 0 Å². The minimum atomic E-state index is 0. The Morgan fingerprint density at radius 2 is 1.65 bits per heavy atom. The van der Waals surface area contributed by atoms with Crippen molar-refractivity contribution < 1.29 is 34.4 Å². The van der Waals surface area contributed by atoms with Crippen LogP contribution in [0, 0.1) is 17.9 Å². The molecule has 0 aliphatic carbocycles. The van der Waals surface area contributed by atoms with Crippen LogP contribution in [0.3, 0.4) is 0 Å². The van der Waals surface area contributed by atoms with Crippen LogP contribution >= 0.6 is 0 Å². The van der Waals surface area contributed by atoms with Crippen molar-refractivity contribution >= 4 is 55.6 Å². The zero-order chi connectivity index (χ0) is 29.4. The number of aliphatic hydroxyl groups excluding tert-OH is 1. The van der Waals surface area contributed by atoms with E-state index in [0.29, 0.717) is 5.71 Å². The fourth-order valence-electron chi connectivity index (χ4n) is 5.87. The number of aliphatic hydroxyl groups is 1. The largest absolute Gasteiger partial charge is 0.512 e. The number of para-hydroxylation sites is 2.